The summed E-state index contributed by atoms with van der Waals surface area (Å²) in [6.45, 7) is 4.34. The van der Waals surface area contributed by atoms with Gasteiger partial charge in [-0.15, -0.1) is 0 Å². The molecular formula is C31H40N4O5. The minimum atomic E-state index is -0.330. The molecule has 1 aliphatic carbocycles. The van der Waals surface area contributed by atoms with Crippen LogP contribution in [-0.4, -0.2) is 92.5 Å². The number of ether oxygens (including phenoxy) is 3. The Balaban J connectivity index is 1.40. The lowest BCUT2D eigenvalue weighted by atomic mass is 9.97. The number of carbonyl (C=O) groups is 2. The molecule has 0 aromatic heterocycles. The summed E-state index contributed by atoms with van der Waals surface area (Å²) >= 11 is 0. The molecule has 1 saturated carbocycles. The quantitative estimate of drug-likeness (QED) is 0.450. The molecule has 0 unspecified atom stereocenters. The van der Waals surface area contributed by atoms with Crippen LogP contribution in [0.2, 0.25) is 0 Å². The molecule has 2 heterocycles. The van der Waals surface area contributed by atoms with Gasteiger partial charge < -0.3 is 19.1 Å². The first-order valence-electron chi connectivity index (χ1n) is 14.3. The fraction of sp³-hybridized carbons (Fsp3) is 0.516. The third-order valence-corrected chi connectivity index (χ3v) is 8.22. The molecule has 2 amide bonds. The summed E-state index contributed by atoms with van der Waals surface area (Å²) in [6, 6.07) is 15.1. The normalized spacial score (nSPS) is 19.9. The summed E-state index contributed by atoms with van der Waals surface area (Å²) < 4.78 is 16.5. The molecule has 3 aliphatic rings. The van der Waals surface area contributed by atoms with E-state index in [-0.39, 0.29) is 30.3 Å². The molecule has 2 aromatic carbocycles. The van der Waals surface area contributed by atoms with Crippen molar-refractivity contribution in [2.24, 2.45) is 11.0 Å². The van der Waals surface area contributed by atoms with Gasteiger partial charge in [0.25, 0.3) is 5.91 Å². The van der Waals surface area contributed by atoms with Crippen LogP contribution in [0.4, 0.5) is 0 Å². The van der Waals surface area contributed by atoms with Crippen LogP contribution in [0.3, 0.4) is 0 Å². The molecule has 0 N–H and O–H groups in total. The molecule has 2 aliphatic heterocycles. The van der Waals surface area contributed by atoms with Gasteiger partial charge in [-0.05, 0) is 48.7 Å². The smallest absolute Gasteiger partial charge is 0.262 e. The van der Waals surface area contributed by atoms with E-state index in [1.807, 2.05) is 48.5 Å². The second-order valence-electron chi connectivity index (χ2n) is 10.7. The van der Waals surface area contributed by atoms with Gasteiger partial charge in [-0.3, -0.25) is 14.5 Å². The zero-order valence-electron chi connectivity index (χ0n) is 23.6. The maximum Gasteiger partial charge on any atom is 0.262 e. The summed E-state index contributed by atoms with van der Waals surface area (Å²) in [5.74, 6) is 1.37. The van der Waals surface area contributed by atoms with Crippen LogP contribution in [0.15, 0.2) is 53.6 Å². The number of carbonyl (C=O) groups excluding carboxylic acids is 2. The van der Waals surface area contributed by atoms with Crippen molar-refractivity contribution in [1.29, 1.82) is 0 Å². The average Bonchev–Trinajstić information content (AvgIpc) is 3.71. The van der Waals surface area contributed by atoms with Gasteiger partial charge in [-0.1, -0.05) is 31.0 Å². The van der Waals surface area contributed by atoms with Crippen LogP contribution in [0.5, 0.6) is 11.5 Å². The minimum absolute atomic E-state index is 0.000516. The number of para-hydroxylation sites is 1. The molecule has 40 heavy (non-hydrogen) atoms. The Morgan fingerprint density at radius 1 is 1.00 bits per heavy atom. The number of benzene rings is 2. The van der Waals surface area contributed by atoms with Gasteiger partial charge in [-0.2, -0.15) is 5.10 Å². The molecular weight excluding hydrogens is 508 g/mol. The number of nitrogens with zero attached hydrogens (tertiary/aromatic N) is 4. The van der Waals surface area contributed by atoms with Crippen molar-refractivity contribution in [3.8, 4) is 11.5 Å². The molecule has 5 rings (SSSR count). The van der Waals surface area contributed by atoms with Gasteiger partial charge in [-0.25, -0.2) is 5.01 Å². The first-order valence-corrected chi connectivity index (χ1v) is 14.3. The van der Waals surface area contributed by atoms with Crippen molar-refractivity contribution < 1.29 is 23.8 Å². The predicted octanol–water partition coefficient (Wildman–Crippen LogP) is 3.73. The van der Waals surface area contributed by atoms with E-state index >= 15 is 0 Å². The van der Waals surface area contributed by atoms with E-state index in [0.29, 0.717) is 31.9 Å². The molecule has 2 aromatic rings. The topological polar surface area (TPSA) is 83.9 Å². The van der Waals surface area contributed by atoms with Gasteiger partial charge in [0.05, 0.1) is 39.2 Å². The Kier molecular flexibility index (Phi) is 9.34. The molecule has 9 heteroatoms. The zero-order valence-corrected chi connectivity index (χ0v) is 23.6. The number of morpholine rings is 1. The highest BCUT2D eigenvalue weighted by Crippen LogP contribution is 2.38. The summed E-state index contributed by atoms with van der Waals surface area (Å²) in [5, 5.41) is 6.42. The first-order chi connectivity index (χ1) is 19.6. The maximum atomic E-state index is 14.0. The average molecular weight is 549 g/mol. The van der Waals surface area contributed by atoms with Crippen LogP contribution in [-0.2, 0) is 14.3 Å². The monoisotopic (exact) mass is 548 g/mol. The summed E-state index contributed by atoms with van der Waals surface area (Å²) in [7, 11) is 3.27. The van der Waals surface area contributed by atoms with Crippen LogP contribution < -0.4 is 9.47 Å². The molecule has 1 atom stereocenters. The predicted molar refractivity (Wildman–Crippen MR) is 153 cm³/mol. The van der Waals surface area contributed by atoms with E-state index in [0.717, 1.165) is 67.9 Å². The molecule has 0 bridgehead atoms. The van der Waals surface area contributed by atoms with Crippen molar-refractivity contribution in [3.63, 3.8) is 0 Å². The lowest BCUT2D eigenvalue weighted by molar-refractivity contribution is -0.144. The molecule has 214 valence electrons. The Bertz CT molecular complexity index is 1190. The fourth-order valence-electron chi connectivity index (χ4n) is 5.90. The van der Waals surface area contributed by atoms with Gasteiger partial charge in [0.2, 0.25) is 5.91 Å². The summed E-state index contributed by atoms with van der Waals surface area (Å²) in [5.41, 5.74) is 2.64. The second-order valence-corrected chi connectivity index (χ2v) is 10.7. The molecule has 0 spiro atoms. The van der Waals surface area contributed by atoms with Gasteiger partial charge in [0.1, 0.15) is 18.0 Å². The number of methoxy groups -OCH3 is 2. The SMILES string of the molecule is COc1ccc(C2=NN(C(=O)CN(CCN3CCOCC3)C(=O)C3CCCC3)[C@H](c3ccccc3OC)C2)cc1. The highest BCUT2D eigenvalue weighted by Gasteiger charge is 2.37. The number of hydrogen-bond donors (Lipinski definition) is 0. The van der Waals surface area contributed by atoms with Crippen molar-refractivity contribution in [2.75, 3.05) is 60.2 Å². The van der Waals surface area contributed by atoms with E-state index < -0.39 is 0 Å². The molecule has 0 radical (unpaired) electrons. The Hall–Kier alpha value is -3.43. The molecule has 2 fully saturated rings. The first kappa shape index (κ1) is 28.1. The van der Waals surface area contributed by atoms with Crippen LogP contribution >= 0.6 is 0 Å². The summed E-state index contributed by atoms with van der Waals surface area (Å²) in [6.07, 6.45) is 4.48. The Morgan fingerprint density at radius 2 is 1.73 bits per heavy atom. The van der Waals surface area contributed by atoms with Crippen LogP contribution in [0, 0.1) is 5.92 Å². The highest BCUT2D eigenvalue weighted by molar-refractivity contribution is 6.03. The van der Waals surface area contributed by atoms with E-state index in [1.54, 1.807) is 24.1 Å². The van der Waals surface area contributed by atoms with Crippen molar-refractivity contribution in [3.05, 3.63) is 59.7 Å². The fourth-order valence-corrected chi connectivity index (χ4v) is 5.90. The van der Waals surface area contributed by atoms with Crippen molar-refractivity contribution in [2.45, 2.75) is 38.1 Å². The van der Waals surface area contributed by atoms with Crippen molar-refractivity contribution in [1.82, 2.24) is 14.8 Å². The van der Waals surface area contributed by atoms with Crippen molar-refractivity contribution >= 4 is 17.5 Å². The Morgan fingerprint density at radius 3 is 2.42 bits per heavy atom. The van der Waals surface area contributed by atoms with Gasteiger partial charge in [0.15, 0.2) is 0 Å². The van der Waals surface area contributed by atoms with E-state index in [1.165, 1.54) is 0 Å². The van der Waals surface area contributed by atoms with Gasteiger partial charge >= 0.3 is 0 Å². The minimum Gasteiger partial charge on any atom is -0.497 e. The lowest BCUT2D eigenvalue weighted by Gasteiger charge is -2.32. The third-order valence-electron chi connectivity index (χ3n) is 8.22. The second kappa shape index (κ2) is 13.3. The number of hydrazone groups is 1. The summed E-state index contributed by atoms with van der Waals surface area (Å²) in [4.78, 5) is 31.7. The number of amides is 2. The Labute approximate surface area is 236 Å². The lowest BCUT2D eigenvalue weighted by Crippen LogP contribution is -2.48. The largest absolute Gasteiger partial charge is 0.497 e. The maximum absolute atomic E-state index is 14.0. The highest BCUT2D eigenvalue weighted by atomic mass is 16.5. The zero-order chi connectivity index (χ0) is 27.9. The standard InChI is InChI=1S/C31H40N4O5/c1-38-25-13-11-23(12-14-25)27-21-28(26-9-5-6-10-29(26)39-2)35(32-27)30(36)22-34(31(37)24-7-3-4-8-24)16-15-33-17-19-40-20-18-33/h5-6,9-14,24,28H,3-4,7-8,15-22H2,1-2H3/t28-/m0/s1. The number of hydrogen-bond acceptors (Lipinski definition) is 7. The van der Waals surface area contributed by atoms with E-state index in [2.05, 4.69) is 4.90 Å². The van der Waals surface area contributed by atoms with Gasteiger partial charge in [0, 0.05) is 44.1 Å². The number of rotatable bonds is 10. The van der Waals surface area contributed by atoms with E-state index in [4.69, 9.17) is 19.3 Å². The van der Waals surface area contributed by atoms with Crippen LogP contribution in [0.25, 0.3) is 0 Å². The molecule has 9 nitrogen and oxygen atoms in total. The third kappa shape index (κ3) is 6.47. The van der Waals surface area contributed by atoms with E-state index in [9.17, 15) is 9.59 Å². The molecule has 1 saturated heterocycles. The van der Waals surface area contributed by atoms with Crippen LogP contribution in [0.1, 0.15) is 49.3 Å².